The van der Waals surface area contributed by atoms with Crippen molar-refractivity contribution in [2.45, 2.75) is 32.9 Å². The van der Waals surface area contributed by atoms with E-state index < -0.39 is 0 Å². The van der Waals surface area contributed by atoms with E-state index in [-0.39, 0.29) is 12.0 Å². The van der Waals surface area contributed by atoms with Crippen molar-refractivity contribution in [3.8, 4) is 5.75 Å². The van der Waals surface area contributed by atoms with E-state index in [0.29, 0.717) is 23.4 Å². The van der Waals surface area contributed by atoms with Crippen LogP contribution in [0.3, 0.4) is 0 Å². The summed E-state index contributed by atoms with van der Waals surface area (Å²) in [6.45, 7) is 5.25. The van der Waals surface area contributed by atoms with Gasteiger partial charge in [-0.15, -0.1) is 0 Å². The monoisotopic (exact) mass is 327 g/mol. The zero-order chi connectivity index (χ0) is 16.9. The second kappa shape index (κ2) is 7.21. The number of aromatic nitrogens is 2. The summed E-state index contributed by atoms with van der Waals surface area (Å²) in [5.41, 5.74) is 1.18. The smallest absolute Gasteiger partial charge is 0.251 e. The molecule has 6 heteroatoms. The number of hydrogen-bond donors (Lipinski definition) is 1. The summed E-state index contributed by atoms with van der Waals surface area (Å²) in [5.74, 6) is 0.528. The fraction of sp³-hybridized carbons (Fsp3) is 0.333. The predicted octanol–water partition coefficient (Wildman–Crippen LogP) is 3.24. The highest BCUT2D eigenvalue weighted by molar-refractivity contribution is 5.99. The molecule has 3 aromatic rings. The highest BCUT2D eigenvalue weighted by atomic mass is 16.5. The molecule has 0 spiro atoms. The molecule has 1 amide bonds. The van der Waals surface area contributed by atoms with Gasteiger partial charge in [0.25, 0.3) is 5.91 Å². The van der Waals surface area contributed by atoms with Crippen LogP contribution < -0.4 is 10.1 Å². The number of carbonyl (C=O) groups is 1. The van der Waals surface area contributed by atoms with Crippen LogP contribution in [0.25, 0.3) is 11.0 Å². The number of nitrogens with one attached hydrogen (secondary N) is 1. The maximum absolute atomic E-state index is 12.4. The van der Waals surface area contributed by atoms with Gasteiger partial charge in [-0.2, -0.15) is 5.10 Å². The van der Waals surface area contributed by atoms with E-state index in [4.69, 9.17) is 9.15 Å². The van der Waals surface area contributed by atoms with E-state index in [9.17, 15) is 4.79 Å². The van der Waals surface area contributed by atoms with Crippen LogP contribution in [0.15, 0.2) is 47.3 Å². The van der Waals surface area contributed by atoms with Crippen LogP contribution in [-0.4, -0.2) is 28.3 Å². The first kappa shape index (κ1) is 16.1. The number of benzene rings is 1. The molecular weight excluding hydrogens is 306 g/mol. The van der Waals surface area contributed by atoms with Crippen molar-refractivity contribution in [1.82, 2.24) is 15.1 Å². The van der Waals surface area contributed by atoms with Crippen molar-refractivity contribution >= 4 is 16.9 Å². The highest BCUT2D eigenvalue weighted by Gasteiger charge is 2.13. The molecule has 0 bridgehead atoms. The standard InChI is InChI=1S/C18H21N3O3/c1-13(2)24-17-12-14(11-16-15(17)5-10-23-16)18(22)19-6-3-8-21-9-4-7-20-21/h4-5,7,9-13H,3,6,8H2,1-2H3,(H,19,22). The van der Waals surface area contributed by atoms with Gasteiger partial charge in [0, 0.05) is 31.0 Å². The molecule has 0 aliphatic heterocycles. The Morgan fingerprint density at radius 3 is 3.04 bits per heavy atom. The molecule has 0 saturated carbocycles. The first-order valence-electron chi connectivity index (χ1n) is 8.07. The molecule has 3 rings (SSSR count). The summed E-state index contributed by atoms with van der Waals surface area (Å²) in [7, 11) is 0. The minimum atomic E-state index is -0.137. The molecular formula is C18H21N3O3. The van der Waals surface area contributed by atoms with Gasteiger partial charge in [0.1, 0.15) is 11.3 Å². The van der Waals surface area contributed by atoms with E-state index in [1.807, 2.05) is 36.9 Å². The number of fused-ring (bicyclic) bond motifs is 1. The Balaban J connectivity index is 1.65. The van der Waals surface area contributed by atoms with E-state index in [0.717, 1.165) is 18.4 Å². The Hall–Kier alpha value is -2.76. The zero-order valence-corrected chi connectivity index (χ0v) is 13.9. The van der Waals surface area contributed by atoms with E-state index in [1.54, 1.807) is 24.6 Å². The molecule has 0 radical (unpaired) electrons. The Bertz CT molecular complexity index is 806. The lowest BCUT2D eigenvalue weighted by Gasteiger charge is -2.12. The van der Waals surface area contributed by atoms with Gasteiger partial charge in [-0.05, 0) is 44.5 Å². The Morgan fingerprint density at radius 2 is 2.29 bits per heavy atom. The lowest BCUT2D eigenvalue weighted by atomic mass is 10.1. The second-order valence-corrected chi connectivity index (χ2v) is 5.85. The van der Waals surface area contributed by atoms with Crippen LogP contribution in [-0.2, 0) is 6.54 Å². The number of amides is 1. The van der Waals surface area contributed by atoms with Gasteiger partial charge in [-0.3, -0.25) is 9.48 Å². The average Bonchev–Trinajstić information content (AvgIpc) is 3.21. The Morgan fingerprint density at radius 1 is 1.42 bits per heavy atom. The topological polar surface area (TPSA) is 69.3 Å². The number of furan rings is 1. The maximum Gasteiger partial charge on any atom is 0.251 e. The fourth-order valence-corrected chi connectivity index (χ4v) is 2.50. The Kier molecular flexibility index (Phi) is 4.84. The third-order valence-electron chi connectivity index (χ3n) is 3.57. The summed E-state index contributed by atoms with van der Waals surface area (Å²) in [5, 5.41) is 7.93. The van der Waals surface area contributed by atoms with Crippen molar-refractivity contribution < 1.29 is 13.9 Å². The van der Waals surface area contributed by atoms with Crippen molar-refractivity contribution in [1.29, 1.82) is 0 Å². The molecule has 0 fully saturated rings. The van der Waals surface area contributed by atoms with Crippen LogP contribution in [0.1, 0.15) is 30.6 Å². The van der Waals surface area contributed by atoms with E-state index >= 15 is 0 Å². The third-order valence-corrected chi connectivity index (χ3v) is 3.57. The first-order valence-corrected chi connectivity index (χ1v) is 8.07. The fourth-order valence-electron chi connectivity index (χ4n) is 2.50. The van der Waals surface area contributed by atoms with E-state index in [2.05, 4.69) is 10.4 Å². The molecule has 0 saturated heterocycles. The number of ether oxygens (including phenoxy) is 1. The molecule has 1 N–H and O–H groups in total. The van der Waals surface area contributed by atoms with Crippen LogP contribution >= 0.6 is 0 Å². The summed E-state index contributed by atoms with van der Waals surface area (Å²) in [6, 6.07) is 7.23. The molecule has 1 aromatic carbocycles. The van der Waals surface area contributed by atoms with Crippen molar-refractivity contribution in [3.05, 3.63) is 48.5 Å². The molecule has 0 unspecified atom stereocenters. The molecule has 24 heavy (non-hydrogen) atoms. The minimum absolute atomic E-state index is 0.0236. The molecule has 0 aliphatic rings. The molecule has 6 nitrogen and oxygen atoms in total. The van der Waals surface area contributed by atoms with Gasteiger partial charge < -0.3 is 14.5 Å². The summed E-state index contributed by atoms with van der Waals surface area (Å²) in [6.07, 6.45) is 6.08. The summed E-state index contributed by atoms with van der Waals surface area (Å²) in [4.78, 5) is 12.4. The predicted molar refractivity (Wildman–Crippen MR) is 91.2 cm³/mol. The zero-order valence-electron chi connectivity index (χ0n) is 13.9. The molecule has 2 aromatic heterocycles. The number of nitrogens with zero attached hydrogens (tertiary/aromatic N) is 2. The van der Waals surface area contributed by atoms with Gasteiger partial charge in [0.2, 0.25) is 0 Å². The van der Waals surface area contributed by atoms with Crippen LogP contribution in [0, 0.1) is 0 Å². The minimum Gasteiger partial charge on any atom is -0.490 e. The number of rotatable bonds is 7. The van der Waals surface area contributed by atoms with Gasteiger partial charge >= 0.3 is 0 Å². The Labute approximate surface area is 140 Å². The van der Waals surface area contributed by atoms with E-state index in [1.165, 1.54) is 0 Å². The first-order chi connectivity index (χ1) is 11.6. The van der Waals surface area contributed by atoms with Crippen LogP contribution in [0.2, 0.25) is 0 Å². The largest absolute Gasteiger partial charge is 0.490 e. The normalized spacial score (nSPS) is 11.1. The van der Waals surface area contributed by atoms with Gasteiger partial charge in [0.05, 0.1) is 17.8 Å². The quantitative estimate of drug-likeness (QED) is 0.676. The van der Waals surface area contributed by atoms with Crippen LogP contribution in [0.4, 0.5) is 0 Å². The maximum atomic E-state index is 12.4. The number of hydrogen-bond acceptors (Lipinski definition) is 4. The SMILES string of the molecule is CC(C)Oc1cc(C(=O)NCCCn2cccn2)cc2occc12. The van der Waals surface area contributed by atoms with Crippen molar-refractivity contribution in [2.24, 2.45) is 0 Å². The molecule has 0 atom stereocenters. The lowest BCUT2D eigenvalue weighted by Crippen LogP contribution is -2.25. The summed E-state index contributed by atoms with van der Waals surface area (Å²) < 4.78 is 13.1. The summed E-state index contributed by atoms with van der Waals surface area (Å²) >= 11 is 0. The third kappa shape index (κ3) is 3.76. The second-order valence-electron chi connectivity index (χ2n) is 5.85. The average molecular weight is 327 g/mol. The van der Waals surface area contributed by atoms with Gasteiger partial charge in [-0.1, -0.05) is 0 Å². The van der Waals surface area contributed by atoms with Gasteiger partial charge in [-0.25, -0.2) is 0 Å². The molecule has 2 heterocycles. The molecule has 0 aliphatic carbocycles. The lowest BCUT2D eigenvalue weighted by molar-refractivity contribution is 0.0952. The van der Waals surface area contributed by atoms with Gasteiger partial charge in [0.15, 0.2) is 0 Å². The van der Waals surface area contributed by atoms with Crippen LogP contribution in [0.5, 0.6) is 5.75 Å². The number of aryl methyl sites for hydroxylation is 1. The van der Waals surface area contributed by atoms with Crippen molar-refractivity contribution in [2.75, 3.05) is 6.54 Å². The number of carbonyl (C=O) groups excluding carboxylic acids is 1. The highest BCUT2D eigenvalue weighted by Crippen LogP contribution is 2.29. The molecule has 126 valence electrons. The van der Waals surface area contributed by atoms with Crippen molar-refractivity contribution in [3.63, 3.8) is 0 Å².